The molecule has 0 amide bonds. The smallest absolute Gasteiger partial charge is 0.356 e. The van der Waals surface area contributed by atoms with Gasteiger partial charge in [0.1, 0.15) is 0 Å². The van der Waals surface area contributed by atoms with Gasteiger partial charge in [-0.05, 0) is 36.0 Å². The van der Waals surface area contributed by atoms with Crippen LogP contribution in [0.2, 0.25) is 0 Å². The molecular formula is C30H23CuN3O3P. The van der Waals surface area contributed by atoms with Gasteiger partial charge in [0.2, 0.25) is 0 Å². The zero-order valence-electron chi connectivity index (χ0n) is 20.1. The maximum atomic E-state index is 8.25. The second-order valence-electron chi connectivity index (χ2n) is 7.78. The van der Waals surface area contributed by atoms with Crippen molar-refractivity contribution >= 4 is 45.6 Å². The Morgan fingerprint density at radius 2 is 0.816 bits per heavy atom. The van der Waals surface area contributed by atoms with Crippen molar-refractivity contribution in [2.24, 2.45) is 0 Å². The summed E-state index contributed by atoms with van der Waals surface area (Å²) >= 11 is 0. The quantitative estimate of drug-likeness (QED) is 0.0861. The number of nitrogens with zero attached hydrogens (tertiary/aromatic N) is 3. The van der Waals surface area contributed by atoms with Crippen molar-refractivity contribution in [1.29, 1.82) is 0 Å². The number of hydrogen-bond acceptors (Lipinski definition) is 5. The molecular weight excluding hydrogens is 545 g/mol. The predicted octanol–water partition coefficient (Wildman–Crippen LogP) is 5.99. The molecule has 0 unspecified atom stereocenters. The van der Waals surface area contributed by atoms with Crippen molar-refractivity contribution in [3.63, 3.8) is 0 Å². The van der Waals surface area contributed by atoms with E-state index in [1.165, 1.54) is 15.9 Å². The van der Waals surface area contributed by atoms with Crippen molar-refractivity contribution in [3.05, 3.63) is 155 Å². The molecule has 6 nitrogen and oxygen atoms in total. The van der Waals surface area contributed by atoms with Crippen LogP contribution in [0.3, 0.4) is 0 Å². The molecule has 0 saturated carbocycles. The zero-order valence-corrected chi connectivity index (χ0v) is 21.9. The van der Waals surface area contributed by atoms with Crippen molar-refractivity contribution in [2.45, 2.75) is 0 Å². The minimum Gasteiger partial charge on any atom is -0.356 e. The summed E-state index contributed by atoms with van der Waals surface area (Å²) < 4.78 is 0. The third-order valence-corrected chi connectivity index (χ3v) is 7.83. The zero-order chi connectivity index (χ0) is 25.9. The van der Waals surface area contributed by atoms with Crippen molar-refractivity contribution in [3.8, 4) is 0 Å². The summed E-state index contributed by atoms with van der Waals surface area (Å²) in [5.41, 5.74) is 1.95. The Kier molecular flexibility index (Phi) is 10.9. The first-order valence-electron chi connectivity index (χ1n) is 11.5. The van der Waals surface area contributed by atoms with Crippen molar-refractivity contribution in [1.82, 2.24) is 9.97 Å². The van der Waals surface area contributed by atoms with E-state index in [1.807, 2.05) is 12.1 Å². The van der Waals surface area contributed by atoms with E-state index in [9.17, 15) is 0 Å². The number of aromatic nitrogens is 2. The fourth-order valence-corrected chi connectivity index (χ4v) is 6.16. The van der Waals surface area contributed by atoms with Gasteiger partial charge in [-0.25, -0.2) is 0 Å². The standard InChI is InChI=1S/C18H15P.C12H8N2.Cu.NO3/c1-4-10-16(11-5-1)19(17-12-6-2-7-13-17)18-14-8-3-9-15-18;1-3-9-5-6-10-4-2-8-14-12(10)11(9)13-7-1;;2-1(3)4/h1-15H;1-8H;;/q;;+1;-1. The van der Waals surface area contributed by atoms with Crippen molar-refractivity contribution < 1.29 is 22.2 Å². The Hall–Kier alpha value is -4.15. The summed E-state index contributed by atoms with van der Waals surface area (Å²) in [4.78, 5) is 16.9. The van der Waals surface area contributed by atoms with Crippen LogP contribution in [0.5, 0.6) is 0 Å². The number of benzene rings is 4. The molecule has 8 heteroatoms. The Labute approximate surface area is 232 Å². The van der Waals surface area contributed by atoms with Crippen LogP contribution in [0.15, 0.2) is 140 Å². The van der Waals surface area contributed by atoms with E-state index in [-0.39, 0.29) is 17.1 Å². The summed E-state index contributed by atoms with van der Waals surface area (Å²) in [5.74, 6) is 0. The van der Waals surface area contributed by atoms with E-state index < -0.39 is 13.0 Å². The van der Waals surface area contributed by atoms with E-state index in [4.69, 9.17) is 15.3 Å². The van der Waals surface area contributed by atoms with Crippen LogP contribution < -0.4 is 15.9 Å². The third kappa shape index (κ3) is 7.67. The molecule has 0 fully saturated rings. The summed E-state index contributed by atoms with van der Waals surface area (Å²) in [6.07, 6.45) is 3.60. The summed E-state index contributed by atoms with van der Waals surface area (Å²) in [7, 11) is -0.446. The molecule has 192 valence electrons. The van der Waals surface area contributed by atoms with Gasteiger partial charge < -0.3 is 15.3 Å². The van der Waals surface area contributed by atoms with E-state index in [0.717, 1.165) is 21.8 Å². The van der Waals surface area contributed by atoms with Crippen LogP contribution in [0, 0.1) is 15.3 Å². The van der Waals surface area contributed by atoms with E-state index in [2.05, 4.69) is 125 Å². The Bertz CT molecular complexity index is 1420. The van der Waals surface area contributed by atoms with Gasteiger partial charge in [-0.2, -0.15) is 0 Å². The molecule has 0 saturated heterocycles. The molecule has 0 atom stereocenters. The largest absolute Gasteiger partial charge is 1.00 e. The molecule has 4 aromatic carbocycles. The number of rotatable bonds is 3. The monoisotopic (exact) mass is 567 g/mol. The average Bonchev–Trinajstić information content (AvgIpc) is 2.95. The second kappa shape index (κ2) is 14.6. The summed E-state index contributed by atoms with van der Waals surface area (Å²) in [6, 6.07) is 44.5. The first kappa shape index (κ1) is 28.4. The molecule has 0 N–H and O–H groups in total. The molecule has 2 aromatic heterocycles. The van der Waals surface area contributed by atoms with Crippen LogP contribution in [-0.2, 0) is 17.1 Å². The van der Waals surface area contributed by atoms with Gasteiger partial charge >= 0.3 is 17.1 Å². The molecule has 0 aliphatic carbocycles. The molecule has 0 aliphatic heterocycles. The SMILES string of the molecule is O=[N+]([O-])[O-].[Cu+].c1ccc(P(c2ccccc2)c2ccccc2)cc1.c1cnc2c(c1)ccc1cccnc12. The first-order valence-corrected chi connectivity index (χ1v) is 12.8. The van der Waals surface area contributed by atoms with E-state index in [0.29, 0.717) is 0 Å². The number of fused-ring (bicyclic) bond motifs is 3. The third-order valence-electron chi connectivity index (χ3n) is 5.39. The molecule has 0 spiro atoms. The first-order chi connectivity index (χ1) is 18.1. The topological polar surface area (TPSA) is 92.0 Å². The Morgan fingerprint density at radius 3 is 1.13 bits per heavy atom. The van der Waals surface area contributed by atoms with Gasteiger partial charge in [0.25, 0.3) is 0 Å². The Morgan fingerprint density at radius 1 is 0.500 bits per heavy atom. The maximum Gasteiger partial charge on any atom is 1.00 e. The fourth-order valence-electron chi connectivity index (χ4n) is 3.86. The van der Waals surface area contributed by atoms with Gasteiger partial charge in [-0.15, -0.1) is 0 Å². The van der Waals surface area contributed by atoms with Gasteiger partial charge in [-0.3, -0.25) is 9.97 Å². The molecule has 6 rings (SSSR count). The van der Waals surface area contributed by atoms with Crippen LogP contribution in [0.4, 0.5) is 0 Å². The minimum absolute atomic E-state index is 0. The minimum atomic E-state index is -1.75. The van der Waals surface area contributed by atoms with Gasteiger partial charge in [-0.1, -0.05) is 115 Å². The fraction of sp³-hybridized carbons (Fsp3) is 0. The second-order valence-corrected chi connectivity index (χ2v) is 10.0. The van der Waals surface area contributed by atoms with Crippen molar-refractivity contribution in [2.75, 3.05) is 0 Å². The summed E-state index contributed by atoms with van der Waals surface area (Å²) in [5, 5.41) is 21.2. The predicted molar refractivity (Wildman–Crippen MR) is 153 cm³/mol. The molecule has 0 aliphatic rings. The molecule has 0 bridgehead atoms. The van der Waals surface area contributed by atoms with Crippen LogP contribution in [0.1, 0.15) is 0 Å². The molecule has 6 aromatic rings. The maximum absolute atomic E-state index is 8.25. The summed E-state index contributed by atoms with van der Waals surface area (Å²) in [6.45, 7) is 0. The van der Waals surface area contributed by atoms with Gasteiger partial charge in [0, 0.05) is 23.2 Å². The van der Waals surface area contributed by atoms with E-state index in [1.54, 1.807) is 12.4 Å². The normalized spacial score (nSPS) is 9.92. The van der Waals surface area contributed by atoms with Crippen LogP contribution >= 0.6 is 7.92 Å². The molecule has 0 radical (unpaired) electrons. The number of hydrogen-bond donors (Lipinski definition) is 0. The van der Waals surface area contributed by atoms with Gasteiger partial charge in [0.05, 0.1) is 16.1 Å². The molecule has 38 heavy (non-hydrogen) atoms. The Balaban J connectivity index is 0.000000186. The average molecular weight is 568 g/mol. The van der Waals surface area contributed by atoms with Gasteiger partial charge in [0.15, 0.2) is 0 Å². The van der Waals surface area contributed by atoms with E-state index >= 15 is 0 Å². The number of pyridine rings is 2. The molecule has 2 heterocycles. The van der Waals surface area contributed by atoms with Crippen LogP contribution in [-0.4, -0.2) is 15.1 Å². The van der Waals surface area contributed by atoms with Crippen LogP contribution in [0.25, 0.3) is 21.8 Å².